The molecule has 1 saturated heterocycles. The van der Waals surface area contributed by atoms with E-state index in [0.29, 0.717) is 76.0 Å². The summed E-state index contributed by atoms with van der Waals surface area (Å²) in [4.78, 5) is 31.2. The molecule has 0 saturated carbocycles. The molecule has 3 aromatic carbocycles. The van der Waals surface area contributed by atoms with Crippen molar-refractivity contribution in [2.45, 2.75) is 82.2 Å². The van der Waals surface area contributed by atoms with E-state index in [1.54, 1.807) is 23.9 Å². The van der Waals surface area contributed by atoms with Crippen LogP contribution in [0, 0.1) is 13.8 Å². The Balaban J connectivity index is 1.31. The van der Waals surface area contributed by atoms with Crippen LogP contribution in [-0.2, 0) is 27.2 Å². The molecule has 0 amide bonds. The second-order valence-electron chi connectivity index (χ2n) is 14.7. The first-order valence-electron chi connectivity index (χ1n) is 18.5. The van der Waals surface area contributed by atoms with E-state index in [0.717, 1.165) is 16.7 Å². The molecular weight excluding hydrogens is 731 g/mol. The van der Waals surface area contributed by atoms with Gasteiger partial charge in [-0.15, -0.1) is 0 Å². The number of nitrogens with zero attached hydrogens (tertiary/aromatic N) is 2. The van der Waals surface area contributed by atoms with Gasteiger partial charge in [0, 0.05) is 41.8 Å². The lowest BCUT2D eigenvalue weighted by atomic mass is 9.73. The normalized spacial score (nSPS) is 26.3. The Bertz CT molecular complexity index is 2080. The number of thioether (sulfide) groups is 1. The summed E-state index contributed by atoms with van der Waals surface area (Å²) in [5.74, 6) is 1.47. The fourth-order valence-electron chi connectivity index (χ4n) is 9.62. The van der Waals surface area contributed by atoms with E-state index < -0.39 is 53.6 Å². The Labute approximate surface area is 323 Å². The molecule has 14 nitrogen and oxygen atoms in total. The highest BCUT2D eigenvalue weighted by Gasteiger charge is 2.60. The molecule has 3 aromatic rings. The summed E-state index contributed by atoms with van der Waals surface area (Å²) in [6.07, 6.45) is -0.0164. The van der Waals surface area contributed by atoms with Crippen LogP contribution in [0.1, 0.15) is 81.7 Å². The number of hydrogen-bond donors (Lipinski definition) is 4. The van der Waals surface area contributed by atoms with Crippen LogP contribution >= 0.6 is 11.8 Å². The van der Waals surface area contributed by atoms with Crippen LogP contribution in [0.25, 0.3) is 0 Å². The molecule has 0 aromatic heterocycles. The fraction of sp³-hybridized carbons (Fsp3) is 0.500. The number of carbonyl (C=O) groups excluding carboxylic acids is 2. The Morgan fingerprint density at radius 3 is 2.49 bits per heavy atom. The third kappa shape index (κ3) is 5.76. The minimum absolute atomic E-state index is 0.00966. The Hall–Kier alpha value is -4.41. The van der Waals surface area contributed by atoms with Gasteiger partial charge in [-0.1, -0.05) is 13.0 Å². The maximum atomic E-state index is 14.2. The van der Waals surface area contributed by atoms with Crippen molar-refractivity contribution in [3.05, 3.63) is 62.7 Å². The molecule has 1 fully saturated rings. The summed E-state index contributed by atoms with van der Waals surface area (Å²) in [5.41, 5.74) is 5.76. The molecule has 0 unspecified atom stereocenters. The van der Waals surface area contributed by atoms with Crippen LogP contribution in [0.2, 0.25) is 0 Å². The summed E-state index contributed by atoms with van der Waals surface area (Å²) >= 11 is 1.63. The predicted molar refractivity (Wildman–Crippen MR) is 201 cm³/mol. The first-order valence-corrected chi connectivity index (χ1v) is 19.6. The highest BCUT2D eigenvalue weighted by molar-refractivity contribution is 7.99. The number of aliphatic hydroxyl groups excluding tert-OH is 1. The number of esters is 2. The Morgan fingerprint density at radius 2 is 1.78 bits per heavy atom. The first-order chi connectivity index (χ1) is 26.4. The largest absolute Gasteiger partial charge is 0.504 e. The lowest BCUT2D eigenvalue weighted by Crippen LogP contribution is -2.69. The van der Waals surface area contributed by atoms with Gasteiger partial charge >= 0.3 is 11.9 Å². The number of piperazine rings is 1. The van der Waals surface area contributed by atoms with Crippen LogP contribution < -0.4 is 29.0 Å². The van der Waals surface area contributed by atoms with Crippen molar-refractivity contribution in [1.29, 1.82) is 0 Å². The second-order valence-corrected chi connectivity index (χ2v) is 16.1. The van der Waals surface area contributed by atoms with Crippen molar-refractivity contribution in [2.75, 3.05) is 47.0 Å². The molecule has 0 spiro atoms. The summed E-state index contributed by atoms with van der Waals surface area (Å²) in [6.45, 7) is 7.32. The highest BCUT2D eigenvalue weighted by atomic mass is 32.2. The van der Waals surface area contributed by atoms with Crippen molar-refractivity contribution in [1.82, 2.24) is 15.1 Å². The lowest BCUT2D eigenvalue weighted by molar-refractivity contribution is -0.184. The number of ether oxygens (including phenoxy) is 6. The molecule has 294 valence electrons. The van der Waals surface area contributed by atoms with Crippen molar-refractivity contribution in [2.24, 2.45) is 0 Å². The van der Waals surface area contributed by atoms with Gasteiger partial charge in [0.15, 0.2) is 34.5 Å². The molecule has 0 radical (unpaired) electrons. The smallest absolute Gasteiger partial charge is 0.327 e. The summed E-state index contributed by atoms with van der Waals surface area (Å²) in [7, 11) is 4.94. The average Bonchev–Trinajstić information content (AvgIpc) is 3.65. The second kappa shape index (κ2) is 14.3. The topological polar surface area (TPSA) is 169 Å². The standard InChI is InChI=1S/C40H47N3O11S/c1-8-55-38-29-28(37-36(52-16-53-37)18(3)35(29)54-19(4)44)24(15-51-40(48)30-22-14-26(49-6)25(45)13-20(22)9-10-41-30)43-32(38)31-27-21(12-23(39(43)47)42(31)5)11-17(2)34(50-7)33(27)46/h11,13-14,23-24,30-32,38-39,41,45-47H,8-10,12,15-16H2,1-7H3/t23-,24-,30+,31+,32+,38+,39-/m0/s1. The minimum Gasteiger partial charge on any atom is -0.504 e. The number of likely N-dealkylation sites (N-methyl/N-ethyl adjacent to an activating group) is 1. The number of aliphatic hydroxyl groups is 1. The van der Waals surface area contributed by atoms with Crippen molar-refractivity contribution in [3.63, 3.8) is 0 Å². The SMILES string of the molecule is CCS[C@@H]1c2c(OC(C)=O)c(C)c3c(c2[C@H](COC(=O)[C@@H]2NCCc4cc(O)c(OC)cc42)N2[C@@H]1[C@H]1c4c(cc(C)c(OC)c4O)C[C@@H]([C@@H]2O)N1C)OCO3. The zero-order valence-electron chi connectivity index (χ0n) is 31.9. The fourth-order valence-corrected chi connectivity index (χ4v) is 10.9. The zero-order valence-corrected chi connectivity index (χ0v) is 32.7. The molecule has 15 heteroatoms. The van der Waals surface area contributed by atoms with Gasteiger partial charge in [0.25, 0.3) is 0 Å². The van der Waals surface area contributed by atoms with Gasteiger partial charge in [-0.05, 0) is 73.9 Å². The third-order valence-corrected chi connectivity index (χ3v) is 13.0. The Kier molecular flexibility index (Phi) is 9.73. The quantitative estimate of drug-likeness (QED) is 0.189. The predicted octanol–water partition coefficient (Wildman–Crippen LogP) is 4.27. The van der Waals surface area contributed by atoms with E-state index in [1.807, 2.05) is 38.8 Å². The monoisotopic (exact) mass is 777 g/mol. The van der Waals surface area contributed by atoms with Crippen LogP contribution in [0.3, 0.4) is 0 Å². The average molecular weight is 778 g/mol. The summed E-state index contributed by atoms with van der Waals surface area (Å²) < 4.78 is 35.6. The van der Waals surface area contributed by atoms with Crippen molar-refractivity contribution in [3.8, 4) is 40.2 Å². The summed E-state index contributed by atoms with van der Waals surface area (Å²) in [5, 5.41) is 37.8. The van der Waals surface area contributed by atoms with Gasteiger partial charge in [0.05, 0.1) is 37.6 Å². The van der Waals surface area contributed by atoms with Gasteiger partial charge in [-0.25, -0.2) is 4.79 Å². The maximum Gasteiger partial charge on any atom is 0.327 e. The number of aryl methyl sites for hydroxylation is 1. The zero-order chi connectivity index (χ0) is 39.0. The number of fused-ring (bicyclic) bond motifs is 10. The first kappa shape index (κ1) is 37.5. The summed E-state index contributed by atoms with van der Waals surface area (Å²) in [6, 6.07) is 2.24. The number of hydrogen-bond acceptors (Lipinski definition) is 15. The van der Waals surface area contributed by atoms with E-state index >= 15 is 0 Å². The van der Waals surface area contributed by atoms with Gasteiger partial charge in [0.2, 0.25) is 6.79 Å². The van der Waals surface area contributed by atoms with E-state index in [4.69, 9.17) is 28.4 Å². The number of methoxy groups -OCH3 is 2. The number of phenolic OH excluding ortho intramolecular Hbond substituents is 2. The number of nitrogens with one attached hydrogen (secondary N) is 1. The molecule has 5 heterocycles. The van der Waals surface area contributed by atoms with Crippen molar-refractivity contribution < 1.29 is 53.3 Å². The number of phenols is 2. The molecule has 5 aliphatic heterocycles. The van der Waals surface area contributed by atoms with Crippen LogP contribution in [0.4, 0.5) is 0 Å². The highest BCUT2D eigenvalue weighted by Crippen LogP contribution is 2.63. The van der Waals surface area contributed by atoms with Crippen LogP contribution in [0.5, 0.6) is 40.2 Å². The van der Waals surface area contributed by atoms with Crippen LogP contribution in [-0.4, -0.2) is 102 Å². The van der Waals surface area contributed by atoms with E-state index in [1.165, 1.54) is 21.1 Å². The van der Waals surface area contributed by atoms with E-state index in [2.05, 4.69) is 10.2 Å². The minimum atomic E-state index is -1.06. The number of aromatic hydroxyl groups is 2. The van der Waals surface area contributed by atoms with E-state index in [-0.39, 0.29) is 30.6 Å². The molecule has 0 aliphatic carbocycles. The van der Waals surface area contributed by atoms with Crippen molar-refractivity contribution >= 4 is 23.7 Å². The molecule has 4 N–H and O–H groups in total. The number of benzene rings is 3. The molecule has 8 rings (SSSR count). The van der Waals surface area contributed by atoms with Gasteiger partial charge in [-0.2, -0.15) is 11.8 Å². The molecule has 5 aliphatic rings. The van der Waals surface area contributed by atoms with Gasteiger partial charge < -0.3 is 49.1 Å². The molecule has 55 heavy (non-hydrogen) atoms. The Morgan fingerprint density at radius 1 is 1.02 bits per heavy atom. The van der Waals surface area contributed by atoms with Gasteiger partial charge in [-0.3, -0.25) is 14.6 Å². The number of rotatable bonds is 8. The third-order valence-electron chi connectivity index (χ3n) is 11.8. The molecule has 7 atom stereocenters. The van der Waals surface area contributed by atoms with E-state index in [9.17, 15) is 24.9 Å². The lowest BCUT2D eigenvalue weighted by Gasteiger charge is -2.61. The van der Waals surface area contributed by atoms with Crippen LogP contribution in [0.15, 0.2) is 18.2 Å². The molecular formula is C40H47N3O11S. The number of carbonyl (C=O) groups is 2. The maximum absolute atomic E-state index is 14.2. The van der Waals surface area contributed by atoms with Gasteiger partial charge in [0.1, 0.15) is 24.6 Å². The molecule has 2 bridgehead atoms.